The summed E-state index contributed by atoms with van der Waals surface area (Å²) in [6.07, 6.45) is 2.60. The van der Waals surface area contributed by atoms with Crippen LogP contribution in [-0.2, 0) is 10.8 Å². The molecule has 3 unspecified atom stereocenters. The van der Waals surface area contributed by atoms with Crippen molar-refractivity contribution in [3.63, 3.8) is 0 Å². The summed E-state index contributed by atoms with van der Waals surface area (Å²) in [7, 11) is -0.937. The maximum absolute atomic E-state index is 11.4. The molecule has 3 atom stereocenters. The van der Waals surface area contributed by atoms with Crippen molar-refractivity contribution in [3.8, 4) is 0 Å². The third-order valence-corrected chi connectivity index (χ3v) is 4.21. The van der Waals surface area contributed by atoms with Crippen molar-refractivity contribution in [2.75, 3.05) is 12.9 Å². The highest BCUT2D eigenvalue weighted by Gasteiger charge is 2.20. The van der Waals surface area contributed by atoms with Crippen molar-refractivity contribution in [2.45, 2.75) is 51.1 Å². The summed E-state index contributed by atoms with van der Waals surface area (Å²) in [4.78, 5) is 0.842. The zero-order chi connectivity index (χ0) is 15.3. The molecule has 2 N–H and O–H groups in total. The van der Waals surface area contributed by atoms with Crippen LogP contribution in [0.4, 0.5) is 0 Å². The second-order valence-electron chi connectivity index (χ2n) is 6.56. The molecule has 0 aliphatic carbocycles. The number of hydrogen-bond donors (Lipinski definition) is 2. The van der Waals surface area contributed by atoms with E-state index in [1.807, 2.05) is 24.3 Å². The first kappa shape index (κ1) is 17.3. The zero-order valence-corrected chi connectivity index (χ0v) is 14.0. The fraction of sp³-hybridized carbons (Fsp3) is 0.625. The van der Waals surface area contributed by atoms with Gasteiger partial charge in [-0.2, -0.15) is 0 Å². The molecule has 0 aliphatic rings. The van der Waals surface area contributed by atoms with Gasteiger partial charge in [-0.1, -0.05) is 32.9 Å². The largest absolute Gasteiger partial charge is 0.395 e. The molecule has 0 spiro atoms. The van der Waals surface area contributed by atoms with E-state index in [9.17, 15) is 9.32 Å². The molecule has 0 fully saturated rings. The van der Waals surface area contributed by atoms with Gasteiger partial charge in [0.1, 0.15) is 0 Å². The Morgan fingerprint density at radius 3 is 2.20 bits per heavy atom. The molecule has 0 heterocycles. The molecule has 114 valence electrons. The first-order valence-electron chi connectivity index (χ1n) is 7.03. The Hall–Kier alpha value is -0.710. The second-order valence-corrected chi connectivity index (χ2v) is 7.94. The minimum absolute atomic E-state index is 0.0879. The predicted molar refractivity (Wildman–Crippen MR) is 85.3 cm³/mol. The number of benzene rings is 1. The van der Waals surface area contributed by atoms with Crippen LogP contribution in [0.25, 0.3) is 0 Å². The van der Waals surface area contributed by atoms with E-state index in [0.29, 0.717) is 0 Å². The fourth-order valence-electron chi connectivity index (χ4n) is 2.31. The van der Waals surface area contributed by atoms with E-state index in [-0.39, 0.29) is 24.1 Å². The van der Waals surface area contributed by atoms with Gasteiger partial charge in [-0.25, -0.2) is 0 Å². The molecule has 1 aromatic carbocycles. The average molecular weight is 297 g/mol. The van der Waals surface area contributed by atoms with Gasteiger partial charge >= 0.3 is 0 Å². The highest BCUT2D eigenvalue weighted by atomic mass is 32.2. The van der Waals surface area contributed by atoms with Crippen LogP contribution in [0.5, 0.6) is 0 Å². The zero-order valence-electron chi connectivity index (χ0n) is 13.1. The highest BCUT2D eigenvalue weighted by Crippen LogP contribution is 2.23. The molecule has 0 bridgehead atoms. The lowest BCUT2D eigenvalue weighted by Crippen LogP contribution is -2.37. The van der Waals surface area contributed by atoms with Crippen molar-refractivity contribution in [3.05, 3.63) is 29.8 Å². The molecular weight excluding hydrogens is 270 g/mol. The van der Waals surface area contributed by atoms with Crippen LogP contribution in [0.2, 0.25) is 0 Å². The number of hydrogen-bond acceptors (Lipinski definition) is 3. The van der Waals surface area contributed by atoms with Crippen LogP contribution >= 0.6 is 0 Å². The molecule has 0 radical (unpaired) electrons. The molecule has 0 aromatic heterocycles. The van der Waals surface area contributed by atoms with Crippen LogP contribution in [0.1, 0.15) is 45.7 Å². The molecule has 20 heavy (non-hydrogen) atoms. The van der Waals surface area contributed by atoms with Gasteiger partial charge in [0.15, 0.2) is 0 Å². The van der Waals surface area contributed by atoms with E-state index in [2.05, 4.69) is 33.0 Å². The maximum atomic E-state index is 11.4. The van der Waals surface area contributed by atoms with Gasteiger partial charge in [0.2, 0.25) is 0 Å². The Morgan fingerprint density at radius 2 is 1.80 bits per heavy atom. The van der Waals surface area contributed by atoms with Crippen molar-refractivity contribution in [1.29, 1.82) is 0 Å². The number of nitrogens with one attached hydrogen (secondary N) is 1. The third kappa shape index (κ3) is 5.73. The molecule has 3 nitrogen and oxygen atoms in total. The SMILES string of the molecule is CC(NC(CO)CC(C)(C)C)c1ccc(S(C)=O)cc1. The van der Waals surface area contributed by atoms with Gasteiger partial charge in [0, 0.05) is 34.0 Å². The summed E-state index contributed by atoms with van der Waals surface area (Å²) >= 11 is 0. The van der Waals surface area contributed by atoms with Gasteiger partial charge in [0.25, 0.3) is 0 Å². The summed E-state index contributed by atoms with van der Waals surface area (Å²) in [5.41, 5.74) is 1.33. The minimum Gasteiger partial charge on any atom is -0.395 e. The fourth-order valence-corrected chi connectivity index (χ4v) is 2.83. The van der Waals surface area contributed by atoms with Gasteiger partial charge in [0.05, 0.1) is 6.61 Å². The second kappa shape index (κ2) is 7.34. The average Bonchev–Trinajstić information content (AvgIpc) is 2.36. The molecule has 0 saturated heterocycles. The Morgan fingerprint density at radius 1 is 1.25 bits per heavy atom. The van der Waals surface area contributed by atoms with Crippen LogP contribution < -0.4 is 5.32 Å². The summed E-state index contributed by atoms with van der Waals surface area (Å²) in [6, 6.07) is 8.06. The Bertz CT molecular complexity index is 437. The molecule has 4 heteroatoms. The topological polar surface area (TPSA) is 49.3 Å². The van der Waals surface area contributed by atoms with Gasteiger partial charge in [-0.05, 0) is 36.5 Å². The Kier molecular flexibility index (Phi) is 6.37. The van der Waals surface area contributed by atoms with Crippen LogP contribution in [-0.4, -0.2) is 28.2 Å². The van der Waals surface area contributed by atoms with Gasteiger partial charge < -0.3 is 10.4 Å². The summed E-state index contributed by atoms with van der Waals surface area (Å²) < 4.78 is 11.4. The first-order valence-corrected chi connectivity index (χ1v) is 8.59. The van der Waals surface area contributed by atoms with Crippen molar-refractivity contribution >= 4 is 10.8 Å². The van der Waals surface area contributed by atoms with E-state index in [1.54, 1.807) is 6.26 Å². The quantitative estimate of drug-likeness (QED) is 0.849. The number of aliphatic hydroxyl groups excluding tert-OH is 1. The summed E-state index contributed by atoms with van der Waals surface area (Å²) in [6.45, 7) is 8.75. The van der Waals surface area contributed by atoms with Crippen LogP contribution in [0.15, 0.2) is 29.2 Å². The lowest BCUT2D eigenvalue weighted by Gasteiger charge is -2.28. The van der Waals surface area contributed by atoms with Crippen LogP contribution in [0, 0.1) is 5.41 Å². The van der Waals surface area contributed by atoms with Crippen molar-refractivity contribution in [1.82, 2.24) is 5.32 Å². The first-order chi connectivity index (χ1) is 9.23. The molecular formula is C16H27NO2S. The van der Waals surface area contributed by atoms with Crippen LogP contribution in [0.3, 0.4) is 0 Å². The molecule has 1 aromatic rings. The van der Waals surface area contributed by atoms with E-state index in [1.165, 1.54) is 0 Å². The monoisotopic (exact) mass is 297 g/mol. The predicted octanol–water partition coefficient (Wildman–Crippen LogP) is 2.87. The smallest absolute Gasteiger partial charge is 0.0585 e. The third-order valence-electron chi connectivity index (χ3n) is 3.28. The Labute approximate surface area is 125 Å². The minimum atomic E-state index is -0.937. The molecule has 0 saturated carbocycles. The normalized spacial score (nSPS) is 16.7. The van der Waals surface area contributed by atoms with E-state index in [0.717, 1.165) is 16.9 Å². The summed E-state index contributed by atoms with van der Waals surface area (Å²) in [5, 5.41) is 13.0. The lowest BCUT2D eigenvalue weighted by molar-refractivity contribution is 0.190. The van der Waals surface area contributed by atoms with E-state index in [4.69, 9.17) is 0 Å². The van der Waals surface area contributed by atoms with Gasteiger partial charge in [-0.15, -0.1) is 0 Å². The lowest BCUT2D eigenvalue weighted by atomic mass is 9.88. The summed E-state index contributed by atoms with van der Waals surface area (Å²) in [5.74, 6) is 0. The van der Waals surface area contributed by atoms with Crippen molar-refractivity contribution in [2.24, 2.45) is 5.41 Å². The van der Waals surface area contributed by atoms with Gasteiger partial charge in [-0.3, -0.25) is 4.21 Å². The standard InChI is InChI=1S/C16H27NO2S/c1-12(17-14(11-18)10-16(2,3)4)13-6-8-15(9-7-13)20(5)19/h6-9,12,14,17-18H,10-11H2,1-5H3. The van der Waals surface area contributed by atoms with Crippen molar-refractivity contribution < 1.29 is 9.32 Å². The number of rotatable bonds is 6. The molecule has 0 aliphatic heterocycles. The number of aliphatic hydroxyl groups is 1. The maximum Gasteiger partial charge on any atom is 0.0585 e. The molecule has 0 amide bonds. The van der Waals surface area contributed by atoms with E-state index >= 15 is 0 Å². The highest BCUT2D eigenvalue weighted by molar-refractivity contribution is 7.84. The molecule has 1 rings (SSSR count). The Balaban J connectivity index is 2.69. The van der Waals surface area contributed by atoms with E-state index < -0.39 is 10.8 Å².